The number of nitro benzene ring substituents is 1. The highest BCUT2D eigenvalue weighted by molar-refractivity contribution is 7.99. The highest BCUT2D eigenvalue weighted by atomic mass is 32.2. The molecule has 1 aromatic carbocycles. The molecule has 0 aliphatic carbocycles. The summed E-state index contributed by atoms with van der Waals surface area (Å²) in [6.45, 7) is 1.38. The maximum Gasteiger partial charge on any atom is 0.270 e. The SMILES string of the molecule is O=[N+]([O-])c1cccc(SCCO[C@H]2CCCCO2)c1. The van der Waals surface area contributed by atoms with Gasteiger partial charge in [-0.15, -0.1) is 11.8 Å². The van der Waals surface area contributed by atoms with Crippen LogP contribution in [0.1, 0.15) is 19.3 Å². The van der Waals surface area contributed by atoms with Gasteiger partial charge in [0, 0.05) is 29.4 Å². The van der Waals surface area contributed by atoms with Gasteiger partial charge in [-0.3, -0.25) is 10.1 Å². The summed E-state index contributed by atoms with van der Waals surface area (Å²) in [5.74, 6) is 0.765. The fourth-order valence-electron chi connectivity index (χ4n) is 1.87. The normalized spacial score (nSPS) is 19.3. The Morgan fingerprint density at radius 1 is 1.47 bits per heavy atom. The molecule has 104 valence electrons. The van der Waals surface area contributed by atoms with Crippen molar-refractivity contribution in [2.45, 2.75) is 30.4 Å². The van der Waals surface area contributed by atoms with Crippen molar-refractivity contribution < 1.29 is 14.4 Å². The molecule has 0 aromatic heterocycles. The summed E-state index contributed by atoms with van der Waals surface area (Å²) < 4.78 is 11.1. The predicted molar refractivity (Wildman–Crippen MR) is 73.4 cm³/mol. The van der Waals surface area contributed by atoms with E-state index in [0.29, 0.717) is 6.61 Å². The number of thioether (sulfide) groups is 1. The van der Waals surface area contributed by atoms with Crippen LogP contribution in [0.5, 0.6) is 0 Å². The lowest BCUT2D eigenvalue weighted by Gasteiger charge is -2.22. The lowest BCUT2D eigenvalue weighted by Crippen LogP contribution is -2.23. The standard InChI is InChI=1S/C13H17NO4S/c15-14(16)11-4-3-5-12(10-11)19-9-8-18-13-6-1-2-7-17-13/h3-5,10,13H,1-2,6-9H2/t13-/m0/s1. The molecular weight excluding hydrogens is 266 g/mol. The van der Waals surface area contributed by atoms with Crippen LogP contribution in [0.15, 0.2) is 29.2 Å². The minimum Gasteiger partial charge on any atom is -0.353 e. The topological polar surface area (TPSA) is 61.6 Å². The van der Waals surface area contributed by atoms with Crippen LogP contribution in [0, 0.1) is 10.1 Å². The van der Waals surface area contributed by atoms with E-state index in [4.69, 9.17) is 9.47 Å². The Morgan fingerprint density at radius 2 is 2.37 bits per heavy atom. The molecule has 1 atom stereocenters. The number of nitro groups is 1. The van der Waals surface area contributed by atoms with Crippen LogP contribution in [0.2, 0.25) is 0 Å². The molecule has 0 bridgehead atoms. The van der Waals surface area contributed by atoms with Crippen LogP contribution < -0.4 is 0 Å². The van der Waals surface area contributed by atoms with Gasteiger partial charge in [-0.1, -0.05) is 6.07 Å². The average Bonchev–Trinajstić information content (AvgIpc) is 2.45. The maximum absolute atomic E-state index is 10.6. The van der Waals surface area contributed by atoms with Gasteiger partial charge in [0.25, 0.3) is 5.69 Å². The zero-order valence-corrected chi connectivity index (χ0v) is 11.4. The third kappa shape index (κ3) is 4.81. The molecule has 19 heavy (non-hydrogen) atoms. The van der Waals surface area contributed by atoms with E-state index in [1.165, 1.54) is 6.07 Å². The second kappa shape index (κ2) is 7.47. The van der Waals surface area contributed by atoms with Crippen molar-refractivity contribution >= 4 is 17.4 Å². The molecule has 1 aromatic rings. The molecule has 5 nitrogen and oxygen atoms in total. The summed E-state index contributed by atoms with van der Waals surface area (Å²) in [7, 11) is 0. The molecular formula is C13H17NO4S. The highest BCUT2D eigenvalue weighted by Crippen LogP contribution is 2.23. The first-order valence-corrected chi connectivity index (χ1v) is 7.35. The number of nitrogens with zero attached hydrogens (tertiary/aromatic N) is 1. The largest absolute Gasteiger partial charge is 0.353 e. The van der Waals surface area contributed by atoms with Crippen molar-refractivity contribution in [2.24, 2.45) is 0 Å². The Labute approximate surface area is 116 Å². The second-order valence-corrected chi connectivity index (χ2v) is 5.44. The Morgan fingerprint density at radius 3 is 3.11 bits per heavy atom. The summed E-state index contributed by atoms with van der Waals surface area (Å²) in [6.07, 6.45) is 3.16. The van der Waals surface area contributed by atoms with Crippen molar-refractivity contribution in [1.82, 2.24) is 0 Å². The number of hydrogen-bond donors (Lipinski definition) is 0. The van der Waals surface area contributed by atoms with Crippen LogP contribution >= 0.6 is 11.8 Å². The first-order chi connectivity index (χ1) is 9.25. The Bertz CT molecular complexity index is 421. The molecule has 2 rings (SSSR count). The quantitative estimate of drug-likeness (QED) is 0.347. The molecule has 0 spiro atoms. The summed E-state index contributed by atoms with van der Waals surface area (Å²) in [4.78, 5) is 11.2. The number of non-ortho nitro benzene ring substituents is 1. The third-order valence-electron chi connectivity index (χ3n) is 2.82. The molecule has 6 heteroatoms. The monoisotopic (exact) mass is 283 g/mol. The molecule has 1 saturated heterocycles. The predicted octanol–water partition coefficient (Wildman–Crippen LogP) is 3.23. The van der Waals surface area contributed by atoms with E-state index in [2.05, 4.69) is 0 Å². The van der Waals surface area contributed by atoms with E-state index in [0.717, 1.165) is 36.5 Å². The molecule has 0 radical (unpaired) electrons. The van der Waals surface area contributed by atoms with Gasteiger partial charge in [-0.2, -0.15) is 0 Å². The van der Waals surface area contributed by atoms with Crippen LogP contribution in [0.25, 0.3) is 0 Å². The van der Waals surface area contributed by atoms with Gasteiger partial charge in [0.15, 0.2) is 6.29 Å². The van der Waals surface area contributed by atoms with Gasteiger partial charge >= 0.3 is 0 Å². The fourth-order valence-corrected chi connectivity index (χ4v) is 2.66. The number of benzene rings is 1. The van der Waals surface area contributed by atoms with Gasteiger partial charge in [0.2, 0.25) is 0 Å². The number of rotatable bonds is 6. The zero-order chi connectivity index (χ0) is 13.5. The Hall–Kier alpha value is -1.11. The molecule has 0 unspecified atom stereocenters. The van der Waals surface area contributed by atoms with Crippen LogP contribution in [-0.4, -0.2) is 30.2 Å². The Balaban J connectivity index is 1.70. The van der Waals surface area contributed by atoms with Gasteiger partial charge in [0.1, 0.15) is 0 Å². The lowest BCUT2D eigenvalue weighted by atomic mass is 10.2. The molecule has 0 N–H and O–H groups in total. The van der Waals surface area contributed by atoms with E-state index in [-0.39, 0.29) is 16.9 Å². The Kier molecular flexibility index (Phi) is 5.62. The van der Waals surface area contributed by atoms with Gasteiger partial charge in [-0.05, 0) is 25.3 Å². The lowest BCUT2D eigenvalue weighted by molar-refractivity contribution is -0.385. The highest BCUT2D eigenvalue weighted by Gasteiger charge is 2.13. The van der Waals surface area contributed by atoms with Crippen LogP contribution in [0.4, 0.5) is 5.69 Å². The first-order valence-electron chi connectivity index (χ1n) is 6.36. The van der Waals surface area contributed by atoms with Gasteiger partial charge in [0.05, 0.1) is 11.5 Å². The van der Waals surface area contributed by atoms with E-state index in [1.54, 1.807) is 23.9 Å². The molecule has 0 saturated carbocycles. The number of hydrogen-bond acceptors (Lipinski definition) is 5. The van der Waals surface area contributed by atoms with Crippen LogP contribution in [0.3, 0.4) is 0 Å². The van der Waals surface area contributed by atoms with Crippen molar-refractivity contribution in [2.75, 3.05) is 19.0 Å². The van der Waals surface area contributed by atoms with E-state index in [1.807, 2.05) is 6.07 Å². The molecule has 1 heterocycles. The average molecular weight is 283 g/mol. The number of ether oxygens (including phenoxy) is 2. The summed E-state index contributed by atoms with van der Waals surface area (Å²) >= 11 is 1.56. The van der Waals surface area contributed by atoms with Crippen molar-refractivity contribution in [3.8, 4) is 0 Å². The van der Waals surface area contributed by atoms with E-state index in [9.17, 15) is 10.1 Å². The minimum atomic E-state index is -0.379. The minimum absolute atomic E-state index is 0.0699. The van der Waals surface area contributed by atoms with Crippen molar-refractivity contribution in [3.63, 3.8) is 0 Å². The van der Waals surface area contributed by atoms with Crippen molar-refractivity contribution in [1.29, 1.82) is 0 Å². The summed E-state index contributed by atoms with van der Waals surface area (Å²) in [5, 5.41) is 10.6. The summed E-state index contributed by atoms with van der Waals surface area (Å²) in [6, 6.07) is 6.65. The zero-order valence-electron chi connectivity index (χ0n) is 10.6. The molecule has 1 aliphatic heterocycles. The smallest absolute Gasteiger partial charge is 0.270 e. The summed E-state index contributed by atoms with van der Waals surface area (Å²) in [5.41, 5.74) is 0.126. The maximum atomic E-state index is 10.6. The van der Waals surface area contributed by atoms with Gasteiger partial charge < -0.3 is 9.47 Å². The van der Waals surface area contributed by atoms with Crippen LogP contribution in [-0.2, 0) is 9.47 Å². The first kappa shape index (κ1) is 14.3. The van der Waals surface area contributed by atoms with Gasteiger partial charge in [-0.25, -0.2) is 0 Å². The van der Waals surface area contributed by atoms with E-state index < -0.39 is 0 Å². The molecule has 1 aliphatic rings. The molecule has 0 amide bonds. The molecule has 1 fully saturated rings. The fraction of sp³-hybridized carbons (Fsp3) is 0.538. The van der Waals surface area contributed by atoms with E-state index >= 15 is 0 Å². The third-order valence-corrected chi connectivity index (χ3v) is 3.78. The van der Waals surface area contributed by atoms with Crippen molar-refractivity contribution in [3.05, 3.63) is 34.4 Å². The second-order valence-electron chi connectivity index (χ2n) is 4.27.